The molecule has 2 unspecified atom stereocenters. The lowest BCUT2D eigenvalue weighted by atomic mass is 10.1. The third kappa shape index (κ3) is 4.34. The molecule has 2 atom stereocenters. The molecule has 1 fully saturated rings. The van der Waals surface area contributed by atoms with E-state index < -0.39 is 0 Å². The van der Waals surface area contributed by atoms with E-state index in [1.165, 1.54) is 5.57 Å². The molecular formula is C15H26N2O3. The minimum atomic E-state index is -0.187. The zero-order valence-electron chi connectivity index (χ0n) is 13.1. The van der Waals surface area contributed by atoms with Crippen molar-refractivity contribution in [3.05, 3.63) is 11.6 Å². The Bertz CT molecular complexity index is 398. The van der Waals surface area contributed by atoms with E-state index in [-0.39, 0.29) is 35.6 Å². The van der Waals surface area contributed by atoms with Gasteiger partial charge in [0.15, 0.2) is 0 Å². The highest BCUT2D eigenvalue weighted by Crippen LogP contribution is 2.59. The molecular weight excluding hydrogens is 256 g/mol. The molecule has 114 valence electrons. The fraction of sp³-hybridized carbons (Fsp3) is 0.733. The molecule has 0 aliphatic heterocycles. The smallest absolute Gasteiger partial charge is 0.239 e. The number of amides is 2. The molecule has 5 nitrogen and oxygen atoms in total. The van der Waals surface area contributed by atoms with Crippen molar-refractivity contribution in [2.45, 2.75) is 27.7 Å². The van der Waals surface area contributed by atoms with Crippen LogP contribution in [0.3, 0.4) is 0 Å². The Labute approximate surface area is 121 Å². The van der Waals surface area contributed by atoms with Crippen molar-refractivity contribution in [2.75, 3.05) is 26.8 Å². The van der Waals surface area contributed by atoms with Gasteiger partial charge in [0.25, 0.3) is 0 Å². The number of ether oxygens (including phenoxy) is 1. The maximum Gasteiger partial charge on any atom is 0.239 e. The van der Waals surface area contributed by atoms with Crippen molar-refractivity contribution in [2.24, 2.45) is 17.3 Å². The van der Waals surface area contributed by atoms with Crippen LogP contribution < -0.4 is 10.6 Å². The summed E-state index contributed by atoms with van der Waals surface area (Å²) >= 11 is 0. The van der Waals surface area contributed by atoms with Crippen LogP contribution in [0, 0.1) is 17.3 Å². The molecule has 2 amide bonds. The minimum Gasteiger partial charge on any atom is -0.383 e. The van der Waals surface area contributed by atoms with E-state index in [9.17, 15) is 9.59 Å². The van der Waals surface area contributed by atoms with Crippen molar-refractivity contribution < 1.29 is 14.3 Å². The fourth-order valence-electron chi connectivity index (χ4n) is 2.48. The molecule has 0 radical (unpaired) electrons. The zero-order chi connectivity index (χ0) is 15.3. The van der Waals surface area contributed by atoms with Gasteiger partial charge in [0.05, 0.1) is 19.1 Å². The van der Waals surface area contributed by atoms with Crippen LogP contribution in [0.2, 0.25) is 0 Å². The first-order chi connectivity index (χ1) is 9.30. The average Bonchev–Trinajstić information content (AvgIpc) is 2.87. The molecule has 1 saturated carbocycles. The highest BCUT2D eigenvalue weighted by molar-refractivity contribution is 5.88. The van der Waals surface area contributed by atoms with Crippen molar-refractivity contribution in [3.8, 4) is 0 Å². The van der Waals surface area contributed by atoms with Gasteiger partial charge in [-0.25, -0.2) is 0 Å². The van der Waals surface area contributed by atoms with Crippen molar-refractivity contribution >= 4 is 11.8 Å². The fourth-order valence-corrected chi connectivity index (χ4v) is 2.48. The third-order valence-corrected chi connectivity index (χ3v) is 3.76. The summed E-state index contributed by atoms with van der Waals surface area (Å²) in [4.78, 5) is 23.6. The quantitative estimate of drug-likeness (QED) is 0.543. The molecule has 2 N–H and O–H groups in total. The van der Waals surface area contributed by atoms with Crippen LogP contribution in [0.4, 0.5) is 0 Å². The largest absolute Gasteiger partial charge is 0.383 e. The van der Waals surface area contributed by atoms with Gasteiger partial charge in [-0.3, -0.25) is 9.59 Å². The summed E-state index contributed by atoms with van der Waals surface area (Å²) in [7, 11) is 1.58. The van der Waals surface area contributed by atoms with Gasteiger partial charge in [0.1, 0.15) is 0 Å². The summed E-state index contributed by atoms with van der Waals surface area (Å²) in [6.07, 6.45) is 2.14. The topological polar surface area (TPSA) is 67.4 Å². The van der Waals surface area contributed by atoms with E-state index >= 15 is 0 Å². The van der Waals surface area contributed by atoms with Gasteiger partial charge in [-0.2, -0.15) is 0 Å². The molecule has 1 aliphatic rings. The maximum atomic E-state index is 12.1. The standard InChI is InChI=1S/C15H26N2O3/c1-10(2)8-11-13(15(11,3)4)14(19)17-9-12(18)16-6-7-20-5/h8,11,13H,6-7,9H2,1-5H3,(H,16,18)(H,17,19). The summed E-state index contributed by atoms with van der Waals surface area (Å²) in [6.45, 7) is 9.19. The molecule has 1 rings (SSSR count). The number of hydrogen-bond acceptors (Lipinski definition) is 3. The highest BCUT2D eigenvalue weighted by atomic mass is 16.5. The van der Waals surface area contributed by atoms with Gasteiger partial charge >= 0.3 is 0 Å². The van der Waals surface area contributed by atoms with Gasteiger partial charge in [0.2, 0.25) is 11.8 Å². The predicted octanol–water partition coefficient (Wildman–Crippen LogP) is 1.10. The lowest BCUT2D eigenvalue weighted by molar-refractivity contribution is -0.127. The van der Waals surface area contributed by atoms with E-state index in [1.54, 1.807) is 7.11 Å². The number of carbonyl (C=O) groups is 2. The summed E-state index contributed by atoms with van der Waals surface area (Å²) in [5.41, 5.74) is 1.20. The van der Waals surface area contributed by atoms with Crippen LogP contribution in [-0.2, 0) is 14.3 Å². The van der Waals surface area contributed by atoms with Crippen LogP contribution in [-0.4, -0.2) is 38.6 Å². The molecule has 0 aromatic heterocycles. The highest BCUT2D eigenvalue weighted by Gasteiger charge is 2.60. The first-order valence-corrected chi connectivity index (χ1v) is 6.99. The number of allylic oxidation sites excluding steroid dienone is 2. The van der Waals surface area contributed by atoms with Crippen LogP contribution in [0.15, 0.2) is 11.6 Å². The lowest BCUT2D eigenvalue weighted by Crippen LogP contribution is -2.39. The lowest BCUT2D eigenvalue weighted by Gasteiger charge is -2.07. The van der Waals surface area contributed by atoms with E-state index in [0.29, 0.717) is 13.2 Å². The number of hydrogen-bond donors (Lipinski definition) is 2. The minimum absolute atomic E-state index is 0.0200. The Balaban J connectivity index is 2.37. The second-order valence-electron chi connectivity index (χ2n) is 6.13. The summed E-state index contributed by atoms with van der Waals surface area (Å²) < 4.78 is 4.84. The zero-order valence-corrected chi connectivity index (χ0v) is 13.1. The van der Waals surface area contributed by atoms with Crippen molar-refractivity contribution in [3.63, 3.8) is 0 Å². The van der Waals surface area contributed by atoms with Crippen molar-refractivity contribution in [1.82, 2.24) is 10.6 Å². The summed E-state index contributed by atoms with van der Waals surface area (Å²) in [6, 6.07) is 0. The van der Waals surface area contributed by atoms with Crippen LogP contribution in [0.5, 0.6) is 0 Å². The second kappa shape index (κ2) is 6.88. The molecule has 0 saturated heterocycles. The first kappa shape index (κ1) is 16.7. The number of carbonyl (C=O) groups excluding carboxylic acids is 2. The van der Waals surface area contributed by atoms with E-state index in [2.05, 4.69) is 30.6 Å². The van der Waals surface area contributed by atoms with Gasteiger partial charge in [-0.05, 0) is 25.2 Å². The molecule has 20 heavy (non-hydrogen) atoms. The van der Waals surface area contributed by atoms with E-state index in [1.807, 2.05) is 13.8 Å². The van der Waals surface area contributed by atoms with Crippen LogP contribution >= 0.6 is 0 Å². The van der Waals surface area contributed by atoms with E-state index in [0.717, 1.165) is 0 Å². The summed E-state index contributed by atoms with van der Waals surface area (Å²) in [5.74, 6) is 0.000222. The molecule has 0 aromatic carbocycles. The molecule has 0 aromatic rings. The maximum absolute atomic E-state index is 12.1. The van der Waals surface area contributed by atoms with Gasteiger partial charge < -0.3 is 15.4 Å². The number of rotatable bonds is 7. The molecule has 1 aliphatic carbocycles. The molecule has 0 bridgehead atoms. The van der Waals surface area contributed by atoms with Gasteiger partial charge in [-0.15, -0.1) is 0 Å². The Morgan fingerprint density at radius 2 is 1.90 bits per heavy atom. The SMILES string of the molecule is COCCNC(=O)CNC(=O)C1C(C=C(C)C)C1(C)C. The molecule has 5 heteroatoms. The summed E-state index contributed by atoms with van der Waals surface area (Å²) in [5, 5.41) is 5.38. The number of nitrogens with one attached hydrogen (secondary N) is 2. The average molecular weight is 282 g/mol. The number of methoxy groups -OCH3 is 1. The van der Waals surface area contributed by atoms with Gasteiger partial charge in [-0.1, -0.05) is 25.5 Å². The van der Waals surface area contributed by atoms with Crippen LogP contribution in [0.1, 0.15) is 27.7 Å². The molecule has 0 spiro atoms. The second-order valence-corrected chi connectivity index (χ2v) is 6.13. The first-order valence-electron chi connectivity index (χ1n) is 6.99. The normalized spacial score (nSPS) is 22.9. The molecule has 0 heterocycles. The van der Waals surface area contributed by atoms with Crippen LogP contribution in [0.25, 0.3) is 0 Å². The van der Waals surface area contributed by atoms with Gasteiger partial charge in [0, 0.05) is 13.7 Å². The Hall–Kier alpha value is -1.36. The van der Waals surface area contributed by atoms with Crippen molar-refractivity contribution in [1.29, 1.82) is 0 Å². The van der Waals surface area contributed by atoms with E-state index in [4.69, 9.17) is 4.74 Å². The predicted molar refractivity (Wildman–Crippen MR) is 78.1 cm³/mol. The monoisotopic (exact) mass is 282 g/mol. The Morgan fingerprint density at radius 3 is 2.45 bits per heavy atom. The Morgan fingerprint density at radius 1 is 1.25 bits per heavy atom. The third-order valence-electron chi connectivity index (χ3n) is 3.76. The Kier molecular flexibility index (Phi) is 5.74.